The van der Waals surface area contributed by atoms with Crippen molar-refractivity contribution in [3.63, 3.8) is 0 Å². The van der Waals surface area contributed by atoms with E-state index >= 15 is 0 Å². The second kappa shape index (κ2) is 78.3. The molecule has 0 aromatic carbocycles. The lowest BCUT2D eigenvalue weighted by atomic mass is 10.0. The molecule has 0 rings (SSSR count). The summed E-state index contributed by atoms with van der Waals surface area (Å²) in [4.78, 5) is 24.7. The summed E-state index contributed by atoms with van der Waals surface area (Å²) in [6.45, 7) is 4.94. The average molecular weight is 1250 g/mol. The van der Waals surface area contributed by atoms with Gasteiger partial charge in [-0.25, -0.2) is 0 Å². The van der Waals surface area contributed by atoms with Crippen molar-refractivity contribution in [3.05, 3.63) is 48.6 Å². The predicted octanol–water partition coefficient (Wildman–Crippen LogP) is 26.8. The molecule has 6 nitrogen and oxygen atoms in total. The maximum atomic E-state index is 12.6. The molecule has 0 aromatic rings. The lowest BCUT2D eigenvalue weighted by Crippen LogP contribution is -2.45. The van der Waals surface area contributed by atoms with Crippen LogP contribution in [0.3, 0.4) is 0 Å². The number of carbonyl (C=O) groups is 2. The summed E-state index contributed by atoms with van der Waals surface area (Å²) in [7, 11) is 0. The van der Waals surface area contributed by atoms with Crippen LogP contribution in [0.25, 0.3) is 0 Å². The number of ether oxygens (including phenoxy) is 1. The van der Waals surface area contributed by atoms with Crippen LogP contribution in [-0.4, -0.2) is 47.4 Å². The van der Waals surface area contributed by atoms with Gasteiger partial charge in [-0.1, -0.05) is 390 Å². The first kappa shape index (κ1) is 86.8. The van der Waals surface area contributed by atoms with Gasteiger partial charge < -0.3 is 20.3 Å². The standard InChI is InChI=1S/C83H157NO5/c1-3-5-7-9-11-13-15-17-19-21-23-24-25-31-34-37-40-43-47-51-55-59-63-67-71-75-81(86)80(79-85)84-82(87)76-72-68-64-60-56-52-48-44-41-38-35-32-29-27-26-28-30-33-36-39-42-46-50-54-58-62-66-70-74-78-89-83(88)77-73-69-65-61-57-53-49-45-22-20-18-16-14-12-10-8-6-4-2/h20,22,26,28,33,36,71,75,80-81,85-86H,3-19,21,23-25,27,29-32,34-35,37-70,72-74,76-79H2,1-2H3,(H,84,87)/b22-20-,28-26-,36-33-,75-71+. The maximum Gasteiger partial charge on any atom is 0.305 e. The van der Waals surface area contributed by atoms with Crippen LogP contribution in [-0.2, 0) is 14.3 Å². The van der Waals surface area contributed by atoms with Crippen molar-refractivity contribution >= 4 is 11.9 Å². The van der Waals surface area contributed by atoms with Crippen LogP contribution in [0.1, 0.15) is 444 Å². The van der Waals surface area contributed by atoms with Crippen molar-refractivity contribution in [1.82, 2.24) is 5.32 Å². The normalized spacial score (nSPS) is 12.7. The lowest BCUT2D eigenvalue weighted by Gasteiger charge is -2.20. The molecule has 0 fully saturated rings. The van der Waals surface area contributed by atoms with Gasteiger partial charge in [0.05, 0.1) is 25.4 Å². The topological polar surface area (TPSA) is 95.9 Å². The second-order valence-electron chi connectivity index (χ2n) is 27.7. The minimum Gasteiger partial charge on any atom is -0.466 e. The highest BCUT2D eigenvalue weighted by Crippen LogP contribution is 2.19. The molecule has 524 valence electrons. The minimum absolute atomic E-state index is 0.00945. The maximum absolute atomic E-state index is 12.6. The van der Waals surface area contributed by atoms with Gasteiger partial charge in [-0.05, 0) is 89.9 Å². The summed E-state index contributed by atoms with van der Waals surface area (Å²) in [5.74, 6) is -0.0550. The molecule has 2 unspecified atom stereocenters. The molecular weight excluding hydrogens is 1090 g/mol. The van der Waals surface area contributed by atoms with Crippen LogP contribution < -0.4 is 5.32 Å². The van der Waals surface area contributed by atoms with E-state index in [1.165, 1.54) is 366 Å². The molecule has 0 spiro atoms. The van der Waals surface area contributed by atoms with E-state index in [0.29, 0.717) is 19.4 Å². The van der Waals surface area contributed by atoms with E-state index in [-0.39, 0.29) is 18.5 Å². The molecule has 2 atom stereocenters. The van der Waals surface area contributed by atoms with E-state index in [1.807, 2.05) is 6.08 Å². The molecular formula is C83H157NO5. The number of esters is 1. The number of rotatable bonds is 76. The zero-order chi connectivity index (χ0) is 64.2. The van der Waals surface area contributed by atoms with Gasteiger partial charge in [0.15, 0.2) is 0 Å². The number of hydrogen-bond donors (Lipinski definition) is 3. The third kappa shape index (κ3) is 74.7. The van der Waals surface area contributed by atoms with E-state index < -0.39 is 12.1 Å². The molecule has 0 saturated carbocycles. The van der Waals surface area contributed by atoms with Crippen LogP contribution in [0.5, 0.6) is 0 Å². The number of aliphatic hydroxyl groups is 2. The van der Waals surface area contributed by atoms with Crippen molar-refractivity contribution < 1.29 is 24.5 Å². The van der Waals surface area contributed by atoms with Gasteiger partial charge in [0.2, 0.25) is 5.91 Å². The van der Waals surface area contributed by atoms with Crippen molar-refractivity contribution in [2.24, 2.45) is 0 Å². The van der Waals surface area contributed by atoms with Crippen LogP contribution in [0, 0.1) is 0 Å². The number of amides is 1. The van der Waals surface area contributed by atoms with Gasteiger partial charge in [0.1, 0.15) is 0 Å². The smallest absolute Gasteiger partial charge is 0.305 e. The van der Waals surface area contributed by atoms with Gasteiger partial charge in [0, 0.05) is 12.8 Å². The summed E-state index contributed by atoms with van der Waals surface area (Å²) < 4.78 is 5.51. The third-order valence-corrected chi connectivity index (χ3v) is 18.8. The Labute approximate surface area is 556 Å². The highest BCUT2D eigenvalue weighted by molar-refractivity contribution is 5.76. The molecule has 0 aliphatic carbocycles. The molecule has 0 heterocycles. The zero-order valence-electron chi connectivity index (χ0n) is 60.2. The Bertz CT molecular complexity index is 1490. The van der Waals surface area contributed by atoms with Crippen LogP contribution >= 0.6 is 0 Å². The lowest BCUT2D eigenvalue weighted by molar-refractivity contribution is -0.143. The van der Waals surface area contributed by atoms with E-state index in [1.54, 1.807) is 6.08 Å². The minimum atomic E-state index is -0.848. The summed E-state index contributed by atoms with van der Waals surface area (Å²) in [6, 6.07) is -0.631. The SMILES string of the molecule is CCCCCCCCC/C=C\CCCCCCCCCC(=O)OCCCCCCCCCCC/C=C\C/C=C\CCCCCCCCCCCCCCCC(=O)NC(CO)C(O)/C=C/CCCCCCCCCCCCCCCCCCCCCCCCC. The molecule has 89 heavy (non-hydrogen) atoms. The number of hydrogen-bond acceptors (Lipinski definition) is 5. The second-order valence-corrected chi connectivity index (χ2v) is 27.7. The Kier molecular flexibility index (Phi) is 76.3. The molecule has 0 bridgehead atoms. The number of nitrogens with one attached hydrogen (secondary N) is 1. The Morgan fingerprint density at radius 2 is 0.562 bits per heavy atom. The van der Waals surface area contributed by atoms with Gasteiger partial charge in [-0.2, -0.15) is 0 Å². The Hall–Kier alpha value is -2.18. The summed E-state index contributed by atoms with van der Waals surface area (Å²) >= 11 is 0. The summed E-state index contributed by atoms with van der Waals surface area (Å²) in [5, 5.41) is 23.3. The van der Waals surface area contributed by atoms with Crippen molar-refractivity contribution in [2.45, 2.75) is 456 Å². The molecule has 1 amide bonds. The van der Waals surface area contributed by atoms with E-state index in [0.717, 1.165) is 51.4 Å². The van der Waals surface area contributed by atoms with E-state index in [9.17, 15) is 19.8 Å². The molecule has 0 aliphatic heterocycles. The zero-order valence-corrected chi connectivity index (χ0v) is 60.2. The van der Waals surface area contributed by atoms with Crippen molar-refractivity contribution in [3.8, 4) is 0 Å². The fourth-order valence-corrected chi connectivity index (χ4v) is 12.7. The van der Waals surface area contributed by atoms with Crippen LogP contribution in [0.4, 0.5) is 0 Å². The van der Waals surface area contributed by atoms with E-state index in [4.69, 9.17) is 4.74 Å². The van der Waals surface area contributed by atoms with Crippen molar-refractivity contribution in [2.75, 3.05) is 13.2 Å². The highest BCUT2D eigenvalue weighted by atomic mass is 16.5. The molecule has 0 radical (unpaired) electrons. The predicted molar refractivity (Wildman–Crippen MR) is 393 cm³/mol. The molecule has 0 aliphatic rings. The first-order valence-corrected chi connectivity index (χ1v) is 40.4. The quantitative estimate of drug-likeness (QED) is 0.0320. The van der Waals surface area contributed by atoms with Crippen molar-refractivity contribution in [1.29, 1.82) is 0 Å². The number of carbonyl (C=O) groups excluding carboxylic acids is 2. The van der Waals surface area contributed by atoms with Crippen LogP contribution in [0.15, 0.2) is 48.6 Å². The highest BCUT2D eigenvalue weighted by Gasteiger charge is 2.18. The first-order valence-electron chi connectivity index (χ1n) is 40.4. The number of allylic oxidation sites excluding steroid dienone is 7. The monoisotopic (exact) mass is 1250 g/mol. The van der Waals surface area contributed by atoms with Gasteiger partial charge in [0.25, 0.3) is 0 Å². The Morgan fingerprint density at radius 3 is 0.865 bits per heavy atom. The fourth-order valence-electron chi connectivity index (χ4n) is 12.7. The molecule has 3 N–H and O–H groups in total. The Balaban J connectivity index is 3.42. The van der Waals surface area contributed by atoms with Gasteiger partial charge in [-0.15, -0.1) is 0 Å². The molecule has 6 heteroatoms. The molecule has 0 saturated heterocycles. The summed E-state index contributed by atoms with van der Waals surface area (Å²) in [5.41, 5.74) is 0. The van der Waals surface area contributed by atoms with Crippen LogP contribution in [0.2, 0.25) is 0 Å². The molecule has 0 aromatic heterocycles. The van der Waals surface area contributed by atoms with Gasteiger partial charge >= 0.3 is 5.97 Å². The number of unbranched alkanes of at least 4 members (excludes halogenated alkanes) is 59. The number of aliphatic hydroxyl groups excluding tert-OH is 2. The van der Waals surface area contributed by atoms with Gasteiger partial charge in [-0.3, -0.25) is 9.59 Å². The fraction of sp³-hybridized carbons (Fsp3) is 0.880. The van der Waals surface area contributed by atoms with E-state index in [2.05, 4.69) is 55.6 Å². The summed E-state index contributed by atoms with van der Waals surface area (Å²) in [6.07, 6.45) is 104. The largest absolute Gasteiger partial charge is 0.466 e. The first-order chi connectivity index (χ1) is 44.0. The third-order valence-electron chi connectivity index (χ3n) is 18.8. The Morgan fingerprint density at radius 1 is 0.315 bits per heavy atom. The average Bonchev–Trinajstić information content (AvgIpc) is 3.63.